The summed E-state index contributed by atoms with van der Waals surface area (Å²) >= 11 is 0. The van der Waals surface area contributed by atoms with E-state index in [1.807, 2.05) is 0 Å². The summed E-state index contributed by atoms with van der Waals surface area (Å²) in [5.74, 6) is 0. The molecule has 2 heterocycles. The first-order valence-corrected chi connectivity index (χ1v) is 17.6. The van der Waals surface area contributed by atoms with Crippen molar-refractivity contribution >= 4 is 76.1 Å². The quantitative estimate of drug-likeness (QED) is 0.174. The molecule has 11 aromatic rings. The van der Waals surface area contributed by atoms with Crippen molar-refractivity contribution in [2.45, 2.75) is 6.92 Å². The average molecular weight is 650 g/mol. The normalized spacial score (nSPS) is 12.0. The number of rotatable bonds is 3. The minimum Gasteiger partial charge on any atom is -0.455 e. The first kappa shape index (κ1) is 28.2. The Kier molecular flexibility index (Phi) is 5.91. The predicted octanol–water partition coefficient (Wildman–Crippen LogP) is 13.8. The molecule has 0 bridgehead atoms. The highest BCUT2D eigenvalue weighted by molar-refractivity contribution is 6.28. The summed E-state index contributed by atoms with van der Waals surface area (Å²) in [5, 5.41) is 12.3. The van der Waals surface area contributed by atoms with Crippen molar-refractivity contribution in [2.24, 2.45) is 0 Å². The average Bonchev–Trinajstić information content (AvgIpc) is 3.72. The SMILES string of the molecule is Cc1ccc(-c2ccc3c(c2)c2cc(-c4cccc5c4oc4cc6c7ccccc7c7ccccc7c6cc45)ccc2n3-c2ccccc2)cc1. The molecule has 0 amide bonds. The van der Waals surface area contributed by atoms with Crippen LogP contribution in [0.4, 0.5) is 0 Å². The van der Waals surface area contributed by atoms with Gasteiger partial charge in [-0.3, -0.25) is 0 Å². The fourth-order valence-corrected chi connectivity index (χ4v) is 8.39. The van der Waals surface area contributed by atoms with E-state index in [4.69, 9.17) is 4.42 Å². The van der Waals surface area contributed by atoms with E-state index in [0.717, 1.165) is 38.8 Å². The van der Waals surface area contributed by atoms with Crippen LogP contribution in [-0.2, 0) is 0 Å². The number of aromatic nitrogens is 1. The van der Waals surface area contributed by atoms with Crippen LogP contribution in [0.1, 0.15) is 5.56 Å². The van der Waals surface area contributed by atoms with Crippen LogP contribution in [0.5, 0.6) is 0 Å². The molecule has 0 aliphatic heterocycles. The Balaban J connectivity index is 1.16. The lowest BCUT2D eigenvalue weighted by molar-refractivity contribution is 0.670. The Labute approximate surface area is 294 Å². The molecule has 0 atom stereocenters. The number of hydrogen-bond donors (Lipinski definition) is 0. The summed E-state index contributed by atoms with van der Waals surface area (Å²) in [4.78, 5) is 0. The van der Waals surface area contributed by atoms with Crippen molar-refractivity contribution < 1.29 is 4.42 Å². The second kappa shape index (κ2) is 10.7. The van der Waals surface area contributed by atoms with Gasteiger partial charge in [-0.2, -0.15) is 0 Å². The molecule has 9 aromatic carbocycles. The first-order valence-electron chi connectivity index (χ1n) is 17.6. The van der Waals surface area contributed by atoms with Crippen LogP contribution in [-0.4, -0.2) is 4.57 Å². The third-order valence-electron chi connectivity index (χ3n) is 10.8. The third-order valence-corrected chi connectivity index (χ3v) is 10.8. The summed E-state index contributed by atoms with van der Waals surface area (Å²) in [6.07, 6.45) is 0. The van der Waals surface area contributed by atoms with Crippen LogP contribution in [0.2, 0.25) is 0 Å². The molecule has 0 saturated heterocycles. The number of para-hydroxylation sites is 2. The Bertz CT molecular complexity index is 3180. The number of aryl methyl sites for hydroxylation is 1. The van der Waals surface area contributed by atoms with E-state index >= 15 is 0 Å². The van der Waals surface area contributed by atoms with Crippen molar-refractivity contribution in [2.75, 3.05) is 0 Å². The molecule has 2 aromatic heterocycles. The highest BCUT2D eigenvalue weighted by atomic mass is 16.3. The van der Waals surface area contributed by atoms with Crippen LogP contribution >= 0.6 is 0 Å². The van der Waals surface area contributed by atoms with Gasteiger partial charge in [0, 0.05) is 32.8 Å². The lowest BCUT2D eigenvalue weighted by atomic mass is 9.93. The molecule has 0 aliphatic rings. The van der Waals surface area contributed by atoms with E-state index < -0.39 is 0 Å². The Morgan fingerprint density at radius 3 is 1.61 bits per heavy atom. The number of hydrogen-bond acceptors (Lipinski definition) is 1. The molecule has 0 aliphatic carbocycles. The summed E-state index contributed by atoms with van der Waals surface area (Å²) in [7, 11) is 0. The molecular weight excluding hydrogens is 619 g/mol. The van der Waals surface area contributed by atoms with Gasteiger partial charge in [-0.1, -0.05) is 127 Å². The maximum Gasteiger partial charge on any atom is 0.143 e. The first-order chi connectivity index (χ1) is 25.2. The lowest BCUT2D eigenvalue weighted by Crippen LogP contribution is -1.93. The van der Waals surface area contributed by atoms with E-state index in [2.05, 4.69) is 181 Å². The maximum absolute atomic E-state index is 6.86. The smallest absolute Gasteiger partial charge is 0.143 e. The van der Waals surface area contributed by atoms with Gasteiger partial charge in [0.05, 0.1) is 11.0 Å². The number of nitrogens with zero attached hydrogens (tertiary/aromatic N) is 1. The van der Waals surface area contributed by atoms with Crippen molar-refractivity contribution in [1.82, 2.24) is 4.57 Å². The molecule has 11 rings (SSSR count). The van der Waals surface area contributed by atoms with Crippen LogP contribution < -0.4 is 0 Å². The zero-order chi connectivity index (χ0) is 33.6. The largest absolute Gasteiger partial charge is 0.455 e. The molecule has 0 N–H and O–H groups in total. The molecule has 0 unspecified atom stereocenters. The van der Waals surface area contributed by atoms with E-state index in [0.29, 0.717) is 0 Å². The van der Waals surface area contributed by atoms with Crippen molar-refractivity contribution in [3.63, 3.8) is 0 Å². The molecule has 51 heavy (non-hydrogen) atoms. The molecule has 0 radical (unpaired) electrons. The fraction of sp³-hybridized carbons (Fsp3) is 0.0204. The van der Waals surface area contributed by atoms with E-state index in [9.17, 15) is 0 Å². The fourth-order valence-electron chi connectivity index (χ4n) is 8.39. The Hall–Kier alpha value is -6.64. The van der Waals surface area contributed by atoms with Crippen LogP contribution in [0, 0.1) is 6.92 Å². The van der Waals surface area contributed by atoms with Gasteiger partial charge in [0.2, 0.25) is 0 Å². The van der Waals surface area contributed by atoms with Gasteiger partial charge in [-0.15, -0.1) is 0 Å². The lowest BCUT2D eigenvalue weighted by Gasteiger charge is -2.10. The third kappa shape index (κ3) is 4.17. The molecule has 0 fully saturated rings. The van der Waals surface area contributed by atoms with Gasteiger partial charge in [0.1, 0.15) is 11.2 Å². The zero-order valence-electron chi connectivity index (χ0n) is 28.0. The molecule has 238 valence electrons. The summed E-state index contributed by atoms with van der Waals surface area (Å²) in [6, 6.07) is 61.9. The van der Waals surface area contributed by atoms with Crippen LogP contribution in [0.15, 0.2) is 174 Å². The monoisotopic (exact) mass is 649 g/mol. The van der Waals surface area contributed by atoms with Gasteiger partial charge < -0.3 is 8.98 Å². The van der Waals surface area contributed by atoms with Crippen LogP contribution in [0.25, 0.3) is 104 Å². The molecule has 0 spiro atoms. The second-order valence-corrected chi connectivity index (χ2v) is 13.8. The summed E-state index contributed by atoms with van der Waals surface area (Å²) in [6.45, 7) is 2.14. The molecule has 0 saturated carbocycles. The Morgan fingerprint density at radius 1 is 0.373 bits per heavy atom. The van der Waals surface area contributed by atoms with Crippen LogP contribution in [0.3, 0.4) is 0 Å². The highest BCUT2D eigenvalue weighted by Crippen LogP contribution is 2.43. The molecule has 2 heteroatoms. The van der Waals surface area contributed by atoms with E-state index in [1.165, 1.54) is 70.8 Å². The van der Waals surface area contributed by atoms with Gasteiger partial charge in [-0.25, -0.2) is 0 Å². The number of furan rings is 1. The van der Waals surface area contributed by atoms with Gasteiger partial charge in [0.15, 0.2) is 0 Å². The second-order valence-electron chi connectivity index (χ2n) is 13.8. The highest BCUT2D eigenvalue weighted by Gasteiger charge is 2.18. The standard InChI is InChI=1S/C49H31NO/c1-30-18-20-31(21-19-30)32-22-24-46-43(26-32)44-27-33(23-25-47(44)50(46)34-10-3-2-4-11-34)35-16-9-17-40-45-28-41-38-14-7-5-12-36(38)37-13-6-8-15-39(37)42(41)29-48(45)51-49(35)40/h2-29H,1H3. The molecular formula is C49H31NO. The molecule has 2 nitrogen and oxygen atoms in total. The summed E-state index contributed by atoms with van der Waals surface area (Å²) in [5.41, 5.74) is 11.3. The van der Waals surface area contributed by atoms with Crippen molar-refractivity contribution in [3.8, 4) is 27.9 Å². The van der Waals surface area contributed by atoms with Gasteiger partial charge in [0.25, 0.3) is 0 Å². The minimum absolute atomic E-state index is 0.912. The number of benzene rings is 9. The topological polar surface area (TPSA) is 18.1 Å². The summed E-state index contributed by atoms with van der Waals surface area (Å²) < 4.78 is 9.25. The Morgan fingerprint density at radius 2 is 0.922 bits per heavy atom. The van der Waals surface area contributed by atoms with E-state index in [-0.39, 0.29) is 0 Å². The minimum atomic E-state index is 0.912. The number of fused-ring (bicyclic) bond motifs is 12. The van der Waals surface area contributed by atoms with Crippen molar-refractivity contribution in [3.05, 3.63) is 175 Å². The zero-order valence-corrected chi connectivity index (χ0v) is 28.0. The maximum atomic E-state index is 6.86. The van der Waals surface area contributed by atoms with Gasteiger partial charge >= 0.3 is 0 Å². The van der Waals surface area contributed by atoms with Crippen molar-refractivity contribution in [1.29, 1.82) is 0 Å². The van der Waals surface area contributed by atoms with Gasteiger partial charge in [-0.05, 0) is 104 Å². The van der Waals surface area contributed by atoms with E-state index in [1.54, 1.807) is 0 Å². The predicted molar refractivity (Wildman–Crippen MR) is 216 cm³/mol.